The highest BCUT2D eigenvalue weighted by atomic mass is 19.3. The molecule has 21 heavy (non-hydrogen) atoms. The third-order valence-corrected chi connectivity index (χ3v) is 2.27. The van der Waals surface area contributed by atoms with Crippen molar-refractivity contribution in [3.63, 3.8) is 0 Å². The highest BCUT2D eigenvalue weighted by molar-refractivity contribution is 5.83. The molecular weight excluding hydrogens is 287 g/mol. The molecule has 118 valence electrons. The monoisotopic (exact) mass is 305 g/mol. The van der Waals surface area contributed by atoms with Gasteiger partial charge in [-0.05, 0) is 20.8 Å². The van der Waals surface area contributed by atoms with Gasteiger partial charge in [0.05, 0.1) is 17.9 Å². The molecule has 1 amide bonds. The van der Waals surface area contributed by atoms with E-state index in [1.54, 1.807) is 0 Å². The molecule has 1 rings (SSSR count). The van der Waals surface area contributed by atoms with Crippen LogP contribution in [0.4, 0.5) is 24.5 Å². The van der Waals surface area contributed by atoms with Gasteiger partial charge in [0.25, 0.3) is 0 Å². The van der Waals surface area contributed by atoms with Crippen molar-refractivity contribution in [3.8, 4) is 5.75 Å². The van der Waals surface area contributed by atoms with Crippen molar-refractivity contribution in [2.24, 2.45) is 0 Å². The molecule has 8 heteroatoms. The summed E-state index contributed by atoms with van der Waals surface area (Å²) in [7, 11) is 0. The van der Waals surface area contributed by atoms with Crippen molar-refractivity contribution in [1.82, 2.24) is 5.32 Å². The van der Waals surface area contributed by atoms with Gasteiger partial charge < -0.3 is 21.1 Å². The lowest BCUT2D eigenvalue weighted by atomic mass is 10.1. The van der Waals surface area contributed by atoms with Crippen LogP contribution < -0.4 is 21.1 Å². The van der Waals surface area contributed by atoms with Crippen molar-refractivity contribution in [1.29, 1.82) is 0 Å². The minimum Gasteiger partial charge on any atom is -0.432 e. The largest absolute Gasteiger partial charge is 0.432 e. The summed E-state index contributed by atoms with van der Waals surface area (Å²) < 4.78 is 41.6. The highest BCUT2D eigenvalue weighted by Gasteiger charge is 2.16. The maximum Gasteiger partial charge on any atom is 0.387 e. The number of hydrogen-bond donors (Lipinski definition) is 3. The minimum atomic E-state index is -3.15. The van der Waals surface area contributed by atoms with E-state index in [-0.39, 0.29) is 23.8 Å². The number of carbonyl (C=O) groups is 1. The van der Waals surface area contributed by atoms with Gasteiger partial charge in [-0.1, -0.05) is 0 Å². The summed E-state index contributed by atoms with van der Waals surface area (Å²) in [5.41, 5.74) is 5.27. The summed E-state index contributed by atoms with van der Waals surface area (Å²) in [6, 6.07) is 1.84. The molecule has 0 bridgehead atoms. The number of ether oxygens (including phenoxy) is 1. The van der Waals surface area contributed by atoms with E-state index in [1.165, 1.54) is 0 Å². The molecular formula is C13H18F3N3O2. The average molecular weight is 305 g/mol. The van der Waals surface area contributed by atoms with Crippen molar-refractivity contribution >= 4 is 17.3 Å². The molecule has 0 aliphatic heterocycles. The number of hydrogen-bond acceptors (Lipinski definition) is 4. The van der Waals surface area contributed by atoms with Gasteiger partial charge in [-0.2, -0.15) is 8.78 Å². The Balaban J connectivity index is 2.77. The standard InChI is InChI=1S/C13H18F3N3O2/c1-13(2,3)19-11(20)6-18-9-5-10(21-12(15)16)7(14)4-8(9)17/h4-5,12,18H,6,17H2,1-3H3,(H,19,20). The second kappa shape index (κ2) is 6.55. The van der Waals surface area contributed by atoms with Crippen LogP contribution in [0.1, 0.15) is 20.8 Å². The first-order valence-corrected chi connectivity index (χ1v) is 6.17. The van der Waals surface area contributed by atoms with Crippen molar-refractivity contribution in [2.45, 2.75) is 32.9 Å². The first-order valence-electron chi connectivity index (χ1n) is 6.17. The van der Waals surface area contributed by atoms with Crippen LogP contribution in [0, 0.1) is 5.82 Å². The zero-order valence-electron chi connectivity index (χ0n) is 12.0. The number of benzene rings is 1. The molecule has 0 atom stereocenters. The van der Waals surface area contributed by atoms with E-state index in [1.807, 2.05) is 20.8 Å². The van der Waals surface area contributed by atoms with Gasteiger partial charge in [0.1, 0.15) is 0 Å². The minimum absolute atomic E-state index is 0.0160. The van der Waals surface area contributed by atoms with Gasteiger partial charge in [0.2, 0.25) is 5.91 Å². The van der Waals surface area contributed by atoms with Crippen LogP contribution in [0.25, 0.3) is 0 Å². The van der Waals surface area contributed by atoms with Gasteiger partial charge in [0, 0.05) is 17.7 Å². The topological polar surface area (TPSA) is 76.4 Å². The molecule has 0 aliphatic rings. The first-order chi connectivity index (χ1) is 9.58. The van der Waals surface area contributed by atoms with Crippen LogP contribution in [0.3, 0.4) is 0 Å². The molecule has 0 aliphatic carbocycles. The predicted octanol–water partition coefficient (Wildman–Crippen LogP) is 2.34. The molecule has 0 unspecified atom stereocenters. The Morgan fingerprint density at radius 2 is 2.00 bits per heavy atom. The van der Waals surface area contributed by atoms with Crippen molar-refractivity contribution < 1.29 is 22.7 Å². The molecule has 1 aromatic carbocycles. The molecule has 0 spiro atoms. The number of amides is 1. The fourth-order valence-electron chi connectivity index (χ4n) is 1.55. The molecule has 0 heterocycles. The Morgan fingerprint density at radius 1 is 1.38 bits per heavy atom. The number of carbonyl (C=O) groups excluding carboxylic acids is 1. The SMILES string of the molecule is CC(C)(C)NC(=O)CNc1cc(OC(F)F)c(F)cc1N. The van der Waals surface area contributed by atoms with E-state index in [0.717, 1.165) is 12.1 Å². The quantitative estimate of drug-likeness (QED) is 0.730. The second-order valence-corrected chi connectivity index (χ2v) is 5.40. The van der Waals surface area contributed by atoms with Crippen LogP contribution in [0.5, 0.6) is 5.75 Å². The Labute approximate surface area is 120 Å². The highest BCUT2D eigenvalue weighted by Crippen LogP contribution is 2.29. The summed E-state index contributed by atoms with van der Waals surface area (Å²) in [5.74, 6) is -1.96. The summed E-state index contributed by atoms with van der Waals surface area (Å²) in [4.78, 5) is 11.6. The number of rotatable bonds is 5. The Morgan fingerprint density at radius 3 is 2.52 bits per heavy atom. The smallest absolute Gasteiger partial charge is 0.387 e. The third kappa shape index (κ3) is 5.80. The van der Waals surface area contributed by atoms with E-state index < -0.39 is 23.7 Å². The average Bonchev–Trinajstić information content (AvgIpc) is 2.28. The van der Waals surface area contributed by atoms with E-state index in [0.29, 0.717) is 0 Å². The van der Waals surface area contributed by atoms with Gasteiger partial charge >= 0.3 is 6.61 Å². The molecule has 0 saturated heterocycles. The lowest BCUT2D eigenvalue weighted by Gasteiger charge is -2.21. The summed E-state index contributed by atoms with van der Waals surface area (Å²) in [6.45, 7) is 2.14. The predicted molar refractivity (Wildman–Crippen MR) is 73.8 cm³/mol. The number of alkyl halides is 2. The lowest BCUT2D eigenvalue weighted by molar-refractivity contribution is -0.120. The summed E-state index contributed by atoms with van der Waals surface area (Å²) in [6.07, 6.45) is 0. The molecule has 1 aromatic rings. The van der Waals surface area contributed by atoms with Gasteiger partial charge in [-0.15, -0.1) is 0 Å². The summed E-state index contributed by atoms with van der Waals surface area (Å²) in [5, 5.41) is 5.35. The number of nitrogens with two attached hydrogens (primary N) is 1. The van der Waals surface area contributed by atoms with Crippen LogP contribution in [0.15, 0.2) is 12.1 Å². The van der Waals surface area contributed by atoms with Gasteiger partial charge in [0.15, 0.2) is 11.6 Å². The van der Waals surface area contributed by atoms with Crippen LogP contribution in [-0.2, 0) is 4.79 Å². The van der Waals surface area contributed by atoms with E-state index in [2.05, 4.69) is 15.4 Å². The molecule has 0 saturated carbocycles. The molecule has 0 fully saturated rings. The fourth-order valence-corrected chi connectivity index (χ4v) is 1.55. The van der Waals surface area contributed by atoms with Gasteiger partial charge in [-0.25, -0.2) is 4.39 Å². The molecule has 0 aromatic heterocycles. The number of anilines is 2. The second-order valence-electron chi connectivity index (χ2n) is 5.40. The maximum atomic E-state index is 13.4. The van der Waals surface area contributed by atoms with Gasteiger partial charge in [-0.3, -0.25) is 4.79 Å². The number of halogens is 3. The zero-order chi connectivity index (χ0) is 16.2. The van der Waals surface area contributed by atoms with Crippen molar-refractivity contribution in [3.05, 3.63) is 17.9 Å². The third-order valence-electron chi connectivity index (χ3n) is 2.27. The normalized spacial score (nSPS) is 11.4. The van der Waals surface area contributed by atoms with E-state index in [9.17, 15) is 18.0 Å². The number of nitrogens with one attached hydrogen (secondary N) is 2. The Hall–Kier alpha value is -2.12. The molecule has 0 radical (unpaired) electrons. The van der Waals surface area contributed by atoms with E-state index in [4.69, 9.17) is 5.73 Å². The molecule has 5 nitrogen and oxygen atoms in total. The van der Waals surface area contributed by atoms with Crippen LogP contribution in [0.2, 0.25) is 0 Å². The first kappa shape index (κ1) is 16.9. The Kier molecular flexibility index (Phi) is 5.28. The fraction of sp³-hybridized carbons (Fsp3) is 0.462. The van der Waals surface area contributed by atoms with Crippen molar-refractivity contribution in [2.75, 3.05) is 17.6 Å². The van der Waals surface area contributed by atoms with Crippen LogP contribution >= 0.6 is 0 Å². The maximum absolute atomic E-state index is 13.4. The zero-order valence-corrected chi connectivity index (χ0v) is 12.0. The van der Waals surface area contributed by atoms with E-state index >= 15 is 0 Å². The lowest BCUT2D eigenvalue weighted by Crippen LogP contribution is -2.43. The Bertz CT molecular complexity index is 516. The van der Waals surface area contributed by atoms with Crippen LogP contribution in [-0.4, -0.2) is 24.6 Å². The number of nitrogen functional groups attached to an aromatic ring is 1. The summed E-state index contributed by atoms with van der Waals surface area (Å²) >= 11 is 0. The molecule has 4 N–H and O–H groups in total.